The Balaban J connectivity index is 1.50. The van der Waals surface area contributed by atoms with Crippen molar-refractivity contribution in [3.8, 4) is 5.75 Å². The Hall–Kier alpha value is -3.39. The highest BCUT2D eigenvalue weighted by atomic mass is 16.5. The van der Waals surface area contributed by atoms with Gasteiger partial charge in [-0.3, -0.25) is 4.99 Å². The highest BCUT2D eigenvalue weighted by molar-refractivity contribution is 5.85. The van der Waals surface area contributed by atoms with Crippen molar-refractivity contribution in [1.82, 2.24) is 0 Å². The van der Waals surface area contributed by atoms with Crippen LogP contribution in [0.25, 0.3) is 10.8 Å². The van der Waals surface area contributed by atoms with E-state index in [1.54, 1.807) is 0 Å². The van der Waals surface area contributed by atoms with E-state index in [4.69, 9.17) is 4.74 Å². The van der Waals surface area contributed by atoms with Crippen LogP contribution in [0.15, 0.2) is 89.9 Å². The molecule has 4 aromatic carbocycles. The molecule has 0 unspecified atom stereocenters. The minimum absolute atomic E-state index is 0.541. The first kappa shape index (κ1) is 18.0. The van der Waals surface area contributed by atoms with E-state index in [1.165, 1.54) is 27.5 Å². The number of rotatable bonds is 5. The lowest BCUT2D eigenvalue weighted by atomic mass is 10.1. The van der Waals surface area contributed by atoms with Crippen molar-refractivity contribution in [3.63, 3.8) is 0 Å². The van der Waals surface area contributed by atoms with E-state index in [0.717, 1.165) is 17.0 Å². The zero-order valence-corrected chi connectivity index (χ0v) is 16.2. The summed E-state index contributed by atoms with van der Waals surface area (Å²) in [6, 6.07) is 29.1. The molecule has 0 radical (unpaired) electrons. The summed E-state index contributed by atoms with van der Waals surface area (Å²) in [5.74, 6) is 0.845. The van der Waals surface area contributed by atoms with E-state index in [9.17, 15) is 0 Å². The Bertz CT molecular complexity index is 1140. The number of nitrogens with zero attached hydrogens (tertiary/aromatic N) is 1. The first-order valence-corrected chi connectivity index (χ1v) is 9.50. The summed E-state index contributed by atoms with van der Waals surface area (Å²) >= 11 is 0. The predicted molar refractivity (Wildman–Crippen MR) is 118 cm³/mol. The Morgan fingerprint density at radius 3 is 2.54 bits per heavy atom. The lowest BCUT2D eigenvalue weighted by molar-refractivity contribution is 0.307. The van der Waals surface area contributed by atoms with Crippen molar-refractivity contribution >= 4 is 22.7 Å². The average Bonchev–Trinajstić information content (AvgIpc) is 2.72. The largest absolute Gasteiger partial charge is 0.489 e. The second-order valence-corrected chi connectivity index (χ2v) is 7.05. The number of hydrogen-bond donors (Lipinski definition) is 0. The molecule has 0 atom stereocenters. The SMILES string of the molecule is Cc1ccc(N=Cc2cccc(OCc3cccc4ccccc34)c2)c(C)c1. The molecule has 4 aromatic rings. The Labute approximate surface area is 166 Å². The molecule has 0 fully saturated rings. The van der Waals surface area contributed by atoms with E-state index >= 15 is 0 Å². The molecule has 0 saturated carbocycles. The second kappa shape index (κ2) is 8.10. The minimum Gasteiger partial charge on any atom is -0.489 e. The fourth-order valence-corrected chi connectivity index (χ4v) is 3.36. The summed E-state index contributed by atoms with van der Waals surface area (Å²) in [6.07, 6.45) is 1.89. The van der Waals surface area contributed by atoms with E-state index in [1.807, 2.05) is 30.5 Å². The fraction of sp³-hybridized carbons (Fsp3) is 0.115. The molecular formula is C26H23NO. The lowest BCUT2D eigenvalue weighted by Crippen LogP contribution is -1.97. The highest BCUT2D eigenvalue weighted by Crippen LogP contribution is 2.22. The van der Waals surface area contributed by atoms with Gasteiger partial charge in [-0.05, 0) is 59.5 Å². The van der Waals surface area contributed by atoms with Crippen LogP contribution in [0, 0.1) is 13.8 Å². The molecule has 28 heavy (non-hydrogen) atoms. The molecule has 0 aliphatic heterocycles. The molecule has 0 aliphatic rings. The van der Waals surface area contributed by atoms with Gasteiger partial charge in [-0.15, -0.1) is 0 Å². The van der Waals surface area contributed by atoms with Crippen LogP contribution in [-0.2, 0) is 6.61 Å². The molecule has 2 heteroatoms. The minimum atomic E-state index is 0.541. The van der Waals surface area contributed by atoms with Crippen molar-refractivity contribution in [2.75, 3.05) is 0 Å². The van der Waals surface area contributed by atoms with Gasteiger partial charge >= 0.3 is 0 Å². The zero-order chi connectivity index (χ0) is 19.3. The van der Waals surface area contributed by atoms with E-state index < -0.39 is 0 Å². The standard InChI is InChI=1S/C26H23NO/c1-19-13-14-26(20(2)15-19)27-17-21-7-5-11-24(16-21)28-18-23-10-6-9-22-8-3-4-12-25(22)23/h3-17H,18H2,1-2H3. The molecule has 0 bridgehead atoms. The van der Waals surface area contributed by atoms with Crippen LogP contribution in [0.2, 0.25) is 0 Å². The molecule has 0 amide bonds. The van der Waals surface area contributed by atoms with Gasteiger partial charge in [-0.1, -0.05) is 72.3 Å². The van der Waals surface area contributed by atoms with Crippen LogP contribution in [-0.4, -0.2) is 6.21 Å². The van der Waals surface area contributed by atoms with Crippen molar-refractivity contribution in [2.45, 2.75) is 20.5 Å². The third-order valence-corrected chi connectivity index (χ3v) is 4.84. The summed E-state index contributed by atoms with van der Waals surface area (Å²) < 4.78 is 6.07. The molecular weight excluding hydrogens is 342 g/mol. The summed E-state index contributed by atoms with van der Waals surface area (Å²) in [6.45, 7) is 4.72. The van der Waals surface area contributed by atoms with Gasteiger partial charge in [0.2, 0.25) is 0 Å². The fourth-order valence-electron chi connectivity index (χ4n) is 3.36. The second-order valence-electron chi connectivity index (χ2n) is 7.05. The number of aryl methyl sites for hydroxylation is 2. The molecule has 2 nitrogen and oxygen atoms in total. The van der Waals surface area contributed by atoms with Gasteiger partial charge in [0.05, 0.1) is 5.69 Å². The number of hydrogen-bond acceptors (Lipinski definition) is 2. The molecule has 0 heterocycles. The molecule has 4 rings (SSSR count). The molecule has 138 valence electrons. The van der Waals surface area contributed by atoms with Crippen LogP contribution in [0.4, 0.5) is 5.69 Å². The highest BCUT2D eigenvalue weighted by Gasteiger charge is 2.02. The summed E-state index contributed by atoms with van der Waals surface area (Å²) in [5.41, 5.74) is 5.63. The van der Waals surface area contributed by atoms with Crippen molar-refractivity contribution in [1.29, 1.82) is 0 Å². The summed E-state index contributed by atoms with van der Waals surface area (Å²) in [4.78, 5) is 4.64. The van der Waals surface area contributed by atoms with E-state index in [-0.39, 0.29) is 0 Å². The van der Waals surface area contributed by atoms with Crippen LogP contribution in [0.3, 0.4) is 0 Å². The zero-order valence-electron chi connectivity index (χ0n) is 16.2. The van der Waals surface area contributed by atoms with Crippen LogP contribution in [0.5, 0.6) is 5.75 Å². The van der Waals surface area contributed by atoms with E-state index in [2.05, 4.69) is 79.5 Å². The first-order valence-electron chi connectivity index (χ1n) is 9.50. The topological polar surface area (TPSA) is 21.6 Å². The van der Waals surface area contributed by atoms with Gasteiger partial charge in [0.1, 0.15) is 12.4 Å². The Morgan fingerprint density at radius 1 is 0.821 bits per heavy atom. The van der Waals surface area contributed by atoms with Crippen molar-refractivity contribution in [3.05, 3.63) is 107 Å². The number of ether oxygens (including phenoxy) is 1. The number of aliphatic imine (C=N–C) groups is 1. The van der Waals surface area contributed by atoms with Gasteiger partial charge < -0.3 is 4.74 Å². The molecule has 0 N–H and O–H groups in total. The van der Waals surface area contributed by atoms with Crippen molar-refractivity contribution < 1.29 is 4.74 Å². The normalized spacial score (nSPS) is 11.2. The van der Waals surface area contributed by atoms with Crippen molar-refractivity contribution in [2.24, 2.45) is 4.99 Å². The molecule has 0 aliphatic carbocycles. The maximum absolute atomic E-state index is 6.07. The maximum Gasteiger partial charge on any atom is 0.120 e. The van der Waals surface area contributed by atoms with Gasteiger partial charge in [0, 0.05) is 6.21 Å². The third-order valence-electron chi connectivity index (χ3n) is 4.84. The maximum atomic E-state index is 6.07. The van der Waals surface area contributed by atoms with Crippen LogP contribution in [0.1, 0.15) is 22.3 Å². The molecule has 0 spiro atoms. The smallest absolute Gasteiger partial charge is 0.120 e. The molecule has 0 saturated heterocycles. The monoisotopic (exact) mass is 365 g/mol. The van der Waals surface area contributed by atoms with Gasteiger partial charge in [0.25, 0.3) is 0 Å². The van der Waals surface area contributed by atoms with Gasteiger partial charge in [-0.2, -0.15) is 0 Å². The quantitative estimate of drug-likeness (QED) is 0.357. The molecule has 0 aromatic heterocycles. The van der Waals surface area contributed by atoms with E-state index in [0.29, 0.717) is 6.61 Å². The average molecular weight is 365 g/mol. The Kier molecular flexibility index (Phi) is 5.20. The third kappa shape index (κ3) is 4.12. The predicted octanol–water partition coefficient (Wildman–Crippen LogP) is 6.79. The number of benzene rings is 4. The Morgan fingerprint density at radius 2 is 1.64 bits per heavy atom. The number of fused-ring (bicyclic) bond motifs is 1. The summed E-state index contributed by atoms with van der Waals surface area (Å²) in [5, 5.41) is 2.47. The van der Waals surface area contributed by atoms with Gasteiger partial charge in [-0.25, -0.2) is 0 Å². The van der Waals surface area contributed by atoms with Gasteiger partial charge in [0.15, 0.2) is 0 Å². The van der Waals surface area contributed by atoms with Crippen LogP contribution >= 0.6 is 0 Å². The summed E-state index contributed by atoms with van der Waals surface area (Å²) in [7, 11) is 0. The van der Waals surface area contributed by atoms with Crippen LogP contribution < -0.4 is 4.74 Å². The first-order chi connectivity index (χ1) is 13.7. The lowest BCUT2D eigenvalue weighted by Gasteiger charge is -2.09.